The average Bonchev–Trinajstić information content (AvgIpc) is 2.86. The summed E-state index contributed by atoms with van der Waals surface area (Å²) in [6.07, 6.45) is 0.876. The van der Waals surface area contributed by atoms with Gasteiger partial charge in [0.15, 0.2) is 0 Å². The molecule has 2 atom stereocenters. The van der Waals surface area contributed by atoms with Crippen LogP contribution in [-0.4, -0.2) is 28.3 Å². The number of fused-ring (bicyclic) bond motifs is 1. The van der Waals surface area contributed by atoms with Gasteiger partial charge in [-0.05, 0) is 49.4 Å². The number of esters is 1. The first kappa shape index (κ1) is 27.9. The van der Waals surface area contributed by atoms with Crippen molar-refractivity contribution in [1.82, 2.24) is 5.32 Å². The number of hydrogen-bond donors (Lipinski definition) is 1. The monoisotopic (exact) mass is 621 g/mol. The van der Waals surface area contributed by atoms with E-state index in [4.69, 9.17) is 13.9 Å². The molecule has 1 aromatic heterocycles. The Hall–Kier alpha value is -2.65. The maximum absolute atomic E-state index is 13.2. The van der Waals surface area contributed by atoms with Gasteiger partial charge in [-0.15, -0.1) is 0 Å². The summed E-state index contributed by atoms with van der Waals surface area (Å²) in [5, 5.41) is 4.10. The van der Waals surface area contributed by atoms with Crippen molar-refractivity contribution in [3.63, 3.8) is 0 Å². The predicted octanol–water partition coefficient (Wildman–Crippen LogP) is 6.11. The molecule has 36 heavy (non-hydrogen) atoms. The van der Waals surface area contributed by atoms with Crippen LogP contribution in [-0.2, 0) is 22.6 Å². The third-order valence-electron chi connectivity index (χ3n) is 5.68. The van der Waals surface area contributed by atoms with Gasteiger partial charge >= 0.3 is 17.7 Å². The van der Waals surface area contributed by atoms with Crippen molar-refractivity contribution in [3.8, 4) is 5.75 Å². The molecule has 0 aliphatic heterocycles. The second-order valence-electron chi connectivity index (χ2n) is 8.54. The highest BCUT2D eigenvalue weighted by molar-refractivity contribution is 9.12. The predicted molar refractivity (Wildman–Crippen MR) is 146 cm³/mol. The fraction of sp³-hybridized carbons (Fsp3) is 0.370. The standard InChI is InChI=1S/C27H29Br2NO6/c1-4-8-22(30-27(33)34-15-18-9-6-5-7-10-18)26(32)36-24-17(3)25-21(16(2)11-23(31)35-25)13-19(24)12-20(29)14-28/h5-7,9-11,13,20,22H,4,8,12,14-15H2,1-3H3,(H,30,33)/t20-,22+/m0/s1. The van der Waals surface area contributed by atoms with Crippen molar-refractivity contribution in [3.05, 3.63) is 75.1 Å². The summed E-state index contributed by atoms with van der Waals surface area (Å²) in [6.45, 7) is 5.59. The van der Waals surface area contributed by atoms with Gasteiger partial charge in [-0.25, -0.2) is 14.4 Å². The smallest absolute Gasteiger partial charge is 0.408 e. The van der Waals surface area contributed by atoms with E-state index in [1.165, 1.54) is 6.07 Å². The number of hydrogen-bond acceptors (Lipinski definition) is 6. The van der Waals surface area contributed by atoms with Crippen LogP contribution in [0.5, 0.6) is 5.75 Å². The summed E-state index contributed by atoms with van der Waals surface area (Å²) in [7, 11) is 0. The van der Waals surface area contributed by atoms with E-state index in [1.54, 1.807) is 6.92 Å². The Labute approximate surface area is 226 Å². The van der Waals surface area contributed by atoms with Gasteiger partial charge in [0.25, 0.3) is 0 Å². The molecule has 0 aliphatic carbocycles. The molecule has 1 heterocycles. The minimum atomic E-state index is -0.901. The van der Waals surface area contributed by atoms with Crippen LogP contribution in [0, 0.1) is 13.8 Å². The summed E-state index contributed by atoms with van der Waals surface area (Å²) in [5.74, 6) is -0.288. The Morgan fingerprint density at radius 2 is 1.86 bits per heavy atom. The Balaban J connectivity index is 1.86. The second kappa shape index (κ2) is 13.1. The van der Waals surface area contributed by atoms with Crippen molar-refractivity contribution >= 4 is 54.9 Å². The molecule has 0 fully saturated rings. The first-order valence-electron chi connectivity index (χ1n) is 11.7. The molecule has 7 nitrogen and oxygen atoms in total. The summed E-state index contributed by atoms with van der Waals surface area (Å²) >= 11 is 7.09. The van der Waals surface area contributed by atoms with Gasteiger partial charge in [0.2, 0.25) is 0 Å². The first-order valence-corrected chi connectivity index (χ1v) is 13.7. The van der Waals surface area contributed by atoms with E-state index in [0.717, 1.165) is 22.1 Å². The van der Waals surface area contributed by atoms with Gasteiger partial charge in [0, 0.05) is 27.2 Å². The van der Waals surface area contributed by atoms with E-state index < -0.39 is 23.7 Å². The van der Waals surface area contributed by atoms with Crippen LogP contribution in [0.1, 0.15) is 42.0 Å². The highest BCUT2D eigenvalue weighted by Crippen LogP contribution is 2.34. The number of alkyl carbamates (subject to hydrolysis) is 1. The molecule has 0 saturated heterocycles. The Kier molecular flexibility index (Phi) is 10.1. The van der Waals surface area contributed by atoms with Crippen molar-refractivity contribution < 1.29 is 23.5 Å². The van der Waals surface area contributed by atoms with E-state index in [-0.39, 0.29) is 11.4 Å². The molecule has 0 bridgehead atoms. The largest absolute Gasteiger partial charge is 0.445 e. The lowest BCUT2D eigenvalue weighted by molar-refractivity contribution is -0.136. The van der Waals surface area contributed by atoms with E-state index in [1.807, 2.05) is 50.2 Å². The van der Waals surface area contributed by atoms with Gasteiger partial charge < -0.3 is 19.2 Å². The van der Waals surface area contributed by atoms with Crippen LogP contribution >= 0.6 is 31.9 Å². The number of carbonyl (C=O) groups is 2. The summed E-state index contributed by atoms with van der Waals surface area (Å²) in [6, 6.07) is 11.7. The molecule has 0 aliphatic rings. The minimum Gasteiger partial charge on any atom is -0.445 e. The maximum Gasteiger partial charge on any atom is 0.408 e. The van der Waals surface area contributed by atoms with Crippen LogP contribution in [0.15, 0.2) is 51.7 Å². The number of carbonyl (C=O) groups excluding carboxylic acids is 2. The fourth-order valence-corrected chi connectivity index (χ4v) is 4.44. The van der Waals surface area contributed by atoms with Crippen molar-refractivity contribution in [2.24, 2.45) is 0 Å². The maximum atomic E-state index is 13.2. The van der Waals surface area contributed by atoms with E-state index >= 15 is 0 Å². The summed E-state index contributed by atoms with van der Waals surface area (Å²) in [4.78, 5) is 37.8. The van der Waals surface area contributed by atoms with Gasteiger partial charge in [-0.2, -0.15) is 0 Å². The molecule has 0 saturated carbocycles. The number of halogens is 2. The number of ether oxygens (including phenoxy) is 2. The summed E-state index contributed by atoms with van der Waals surface area (Å²) < 4.78 is 16.6. The quantitative estimate of drug-likeness (QED) is 0.127. The van der Waals surface area contributed by atoms with Crippen LogP contribution in [0.25, 0.3) is 11.0 Å². The van der Waals surface area contributed by atoms with E-state index in [2.05, 4.69) is 37.2 Å². The van der Waals surface area contributed by atoms with Gasteiger partial charge in [0.1, 0.15) is 24.0 Å². The van der Waals surface area contributed by atoms with Gasteiger partial charge in [-0.1, -0.05) is 75.5 Å². The van der Waals surface area contributed by atoms with Crippen molar-refractivity contribution in [2.45, 2.75) is 57.5 Å². The van der Waals surface area contributed by atoms with Crippen LogP contribution in [0.4, 0.5) is 4.79 Å². The molecular formula is C27H29Br2NO6. The number of aryl methyl sites for hydroxylation is 2. The molecule has 3 rings (SSSR count). The van der Waals surface area contributed by atoms with Crippen LogP contribution in [0.3, 0.4) is 0 Å². The number of rotatable bonds is 10. The fourth-order valence-electron chi connectivity index (χ4n) is 3.86. The third-order valence-corrected chi connectivity index (χ3v) is 7.97. The molecule has 1 N–H and O–H groups in total. The number of benzene rings is 2. The zero-order valence-corrected chi connectivity index (χ0v) is 23.6. The molecule has 0 radical (unpaired) electrons. The molecule has 2 aromatic carbocycles. The van der Waals surface area contributed by atoms with E-state index in [9.17, 15) is 14.4 Å². The SMILES string of the molecule is CCC[C@@H](NC(=O)OCc1ccccc1)C(=O)Oc1c(C[C@H](Br)CBr)cc2c(C)cc(=O)oc2c1C. The normalized spacial score (nSPS) is 12.7. The topological polar surface area (TPSA) is 94.8 Å². The van der Waals surface area contributed by atoms with Gasteiger partial charge in [-0.3, -0.25) is 0 Å². The third kappa shape index (κ3) is 7.20. The van der Waals surface area contributed by atoms with E-state index in [0.29, 0.717) is 41.5 Å². The lowest BCUT2D eigenvalue weighted by Gasteiger charge is -2.20. The molecular weight excluding hydrogens is 594 g/mol. The zero-order chi connectivity index (χ0) is 26.2. The first-order chi connectivity index (χ1) is 17.2. The number of amides is 1. The molecule has 3 aromatic rings. The molecule has 192 valence electrons. The van der Waals surface area contributed by atoms with Crippen LogP contribution in [0.2, 0.25) is 0 Å². The lowest BCUT2D eigenvalue weighted by Crippen LogP contribution is -2.43. The molecule has 0 unspecified atom stereocenters. The minimum absolute atomic E-state index is 0.0837. The Morgan fingerprint density at radius 1 is 1.14 bits per heavy atom. The molecule has 0 spiro atoms. The molecule has 9 heteroatoms. The number of alkyl halides is 2. The van der Waals surface area contributed by atoms with Crippen molar-refractivity contribution in [2.75, 3.05) is 5.33 Å². The number of nitrogens with one attached hydrogen (secondary N) is 1. The summed E-state index contributed by atoms with van der Waals surface area (Å²) in [5.41, 5.74) is 2.85. The Morgan fingerprint density at radius 3 is 2.53 bits per heavy atom. The highest BCUT2D eigenvalue weighted by atomic mass is 79.9. The lowest BCUT2D eigenvalue weighted by atomic mass is 9.99. The average molecular weight is 623 g/mol. The van der Waals surface area contributed by atoms with Crippen LogP contribution < -0.4 is 15.7 Å². The molecule has 1 amide bonds. The van der Waals surface area contributed by atoms with Gasteiger partial charge in [0.05, 0.1) is 0 Å². The van der Waals surface area contributed by atoms with Crippen molar-refractivity contribution in [1.29, 1.82) is 0 Å². The second-order valence-corrected chi connectivity index (χ2v) is 10.5. The Bertz CT molecular complexity index is 1270. The highest BCUT2D eigenvalue weighted by Gasteiger charge is 2.26. The zero-order valence-electron chi connectivity index (χ0n) is 20.4.